The van der Waals surface area contributed by atoms with E-state index < -0.39 is 0 Å². The summed E-state index contributed by atoms with van der Waals surface area (Å²) >= 11 is 1.73. The summed E-state index contributed by atoms with van der Waals surface area (Å²) in [5.41, 5.74) is 1.67. The third kappa shape index (κ3) is 2.80. The number of hydrogen-bond acceptors (Lipinski definition) is 7. The summed E-state index contributed by atoms with van der Waals surface area (Å²) in [5.74, 6) is 0.627. The molecule has 1 fully saturated rings. The van der Waals surface area contributed by atoms with Crippen molar-refractivity contribution in [3.8, 4) is 5.75 Å². The Bertz CT molecular complexity index is 874. The molecule has 7 nitrogen and oxygen atoms in total. The highest BCUT2D eigenvalue weighted by molar-refractivity contribution is 8.14. The minimum Gasteiger partial charge on any atom is -0.496 e. The molecule has 26 heavy (non-hydrogen) atoms. The first kappa shape index (κ1) is 16.8. The molecule has 1 saturated heterocycles. The third-order valence-corrected chi connectivity index (χ3v) is 5.73. The first-order valence-electron chi connectivity index (χ1n) is 8.33. The molecule has 2 aromatic rings. The summed E-state index contributed by atoms with van der Waals surface area (Å²) in [4.78, 5) is 22.5. The van der Waals surface area contributed by atoms with E-state index in [2.05, 4.69) is 16.8 Å². The van der Waals surface area contributed by atoms with E-state index in [1.54, 1.807) is 37.2 Å². The van der Waals surface area contributed by atoms with E-state index in [-0.39, 0.29) is 22.7 Å². The van der Waals surface area contributed by atoms with Crippen molar-refractivity contribution in [1.82, 2.24) is 9.88 Å². The van der Waals surface area contributed by atoms with Crippen LogP contribution in [0.5, 0.6) is 5.75 Å². The van der Waals surface area contributed by atoms with Crippen LogP contribution in [0.15, 0.2) is 47.6 Å². The van der Waals surface area contributed by atoms with Crippen LogP contribution in [-0.2, 0) is 0 Å². The summed E-state index contributed by atoms with van der Waals surface area (Å²) in [6, 6.07) is 10.1. The van der Waals surface area contributed by atoms with Crippen LogP contribution in [0.25, 0.3) is 0 Å². The molecular formula is C18H18N4O3S. The number of ether oxygens (including phenoxy) is 1. The Hall–Kier alpha value is -2.61. The number of pyridine rings is 1. The first-order chi connectivity index (χ1) is 12.6. The zero-order chi connectivity index (χ0) is 18.3. The molecule has 0 radical (unpaired) electrons. The van der Waals surface area contributed by atoms with E-state index in [0.29, 0.717) is 11.0 Å². The highest BCUT2D eigenvalue weighted by Gasteiger charge is 2.45. The number of hydrogen-bond donors (Lipinski definition) is 0. The Labute approximate surface area is 155 Å². The van der Waals surface area contributed by atoms with Gasteiger partial charge in [0.1, 0.15) is 11.8 Å². The van der Waals surface area contributed by atoms with Crippen molar-refractivity contribution in [2.75, 3.05) is 13.7 Å². The van der Waals surface area contributed by atoms with E-state index in [0.717, 1.165) is 23.0 Å². The fraction of sp³-hybridized carbons (Fsp3) is 0.333. The molecule has 0 aliphatic carbocycles. The number of nitrogens with zero attached hydrogens (tertiary/aromatic N) is 4. The summed E-state index contributed by atoms with van der Waals surface area (Å²) in [7, 11) is 1.58. The lowest BCUT2D eigenvalue weighted by Crippen LogP contribution is -2.29. The smallest absolute Gasteiger partial charge is 0.270 e. The lowest BCUT2D eigenvalue weighted by Gasteiger charge is -2.28. The molecule has 0 N–H and O–H groups in total. The maximum Gasteiger partial charge on any atom is 0.270 e. The van der Waals surface area contributed by atoms with Crippen molar-refractivity contribution in [3.63, 3.8) is 0 Å². The van der Waals surface area contributed by atoms with Crippen LogP contribution in [0.2, 0.25) is 0 Å². The van der Waals surface area contributed by atoms with Gasteiger partial charge in [-0.25, -0.2) is 0 Å². The number of aliphatic imine (C=N–C) groups is 1. The molecule has 0 spiro atoms. The summed E-state index contributed by atoms with van der Waals surface area (Å²) in [6.45, 7) is 2.99. The largest absolute Gasteiger partial charge is 0.496 e. The molecule has 3 heterocycles. The molecule has 0 unspecified atom stereocenters. The van der Waals surface area contributed by atoms with E-state index in [9.17, 15) is 10.1 Å². The van der Waals surface area contributed by atoms with Crippen molar-refractivity contribution in [3.05, 3.63) is 64.0 Å². The van der Waals surface area contributed by atoms with Crippen molar-refractivity contribution < 1.29 is 9.66 Å². The number of nitro benzene ring substituents is 1. The van der Waals surface area contributed by atoms with Crippen LogP contribution in [0.1, 0.15) is 30.3 Å². The fourth-order valence-electron chi connectivity index (χ4n) is 3.52. The Balaban J connectivity index is 1.84. The van der Waals surface area contributed by atoms with Crippen molar-refractivity contribution >= 4 is 22.6 Å². The normalized spacial score (nSPS) is 24.3. The molecule has 1 aromatic carbocycles. The van der Waals surface area contributed by atoms with Gasteiger partial charge in [-0.05, 0) is 18.2 Å². The minimum atomic E-state index is -0.378. The SMILES string of the molecule is COc1ccc([N+](=O)[O-])cc1[C@@H]1[C@@H](c2ccccn2)N=C2S[C@@H](C)CN21. The van der Waals surface area contributed by atoms with Crippen LogP contribution in [0, 0.1) is 10.1 Å². The zero-order valence-corrected chi connectivity index (χ0v) is 15.2. The topological polar surface area (TPSA) is 80.9 Å². The molecule has 134 valence electrons. The number of aromatic nitrogens is 1. The molecule has 0 bridgehead atoms. The number of rotatable bonds is 4. The third-order valence-electron chi connectivity index (χ3n) is 4.62. The van der Waals surface area contributed by atoms with Crippen LogP contribution in [0.3, 0.4) is 0 Å². The second-order valence-electron chi connectivity index (χ2n) is 6.32. The van der Waals surface area contributed by atoms with Gasteiger partial charge in [-0.15, -0.1) is 0 Å². The van der Waals surface area contributed by atoms with Gasteiger partial charge in [0.05, 0.1) is 23.8 Å². The van der Waals surface area contributed by atoms with Gasteiger partial charge in [0.25, 0.3) is 5.69 Å². The van der Waals surface area contributed by atoms with Gasteiger partial charge in [0.15, 0.2) is 5.17 Å². The van der Waals surface area contributed by atoms with Gasteiger partial charge in [-0.2, -0.15) is 0 Å². The molecule has 8 heteroatoms. The van der Waals surface area contributed by atoms with Crippen molar-refractivity contribution in [2.24, 2.45) is 4.99 Å². The predicted molar refractivity (Wildman–Crippen MR) is 101 cm³/mol. The van der Waals surface area contributed by atoms with Gasteiger partial charge in [-0.3, -0.25) is 20.1 Å². The summed E-state index contributed by atoms with van der Waals surface area (Å²) in [5, 5.41) is 12.7. The summed E-state index contributed by atoms with van der Waals surface area (Å²) < 4.78 is 5.52. The Morgan fingerprint density at radius 1 is 1.35 bits per heavy atom. The maximum atomic E-state index is 11.3. The van der Waals surface area contributed by atoms with Crippen LogP contribution in [-0.4, -0.2) is 38.9 Å². The molecule has 0 amide bonds. The second kappa shape index (κ2) is 6.60. The van der Waals surface area contributed by atoms with Gasteiger partial charge >= 0.3 is 0 Å². The van der Waals surface area contributed by atoms with Gasteiger partial charge < -0.3 is 9.64 Å². The lowest BCUT2D eigenvalue weighted by molar-refractivity contribution is -0.385. The molecule has 2 aliphatic heterocycles. The van der Waals surface area contributed by atoms with Crippen LogP contribution >= 0.6 is 11.8 Å². The number of amidine groups is 1. The van der Waals surface area contributed by atoms with E-state index in [4.69, 9.17) is 9.73 Å². The average molecular weight is 370 g/mol. The maximum absolute atomic E-state index is 11.3. The molecule has 3 atom stereocenters. The van der Waals surface area contributed by atoms with E-state index in [1.165, 1.54) is 6.07 Å². The standard InChI is InChI=1S/C18H18N4O3S/c1-11-10-21-17(13-9-12(22(23)24)6-7-15(13)25-2)16(20-18(21)26-11)14-5-3-4-8-19-14/h3-9,11,16-17H,10H2,1-2H3/t11-,16+,17+/m0/s1. The number of thioether (sulfide) groups is 1. The number of nitro groups is 1. The highest BCUT2D eigenvalue weighted by Crippen LogP contribution is 2.50. The first-order valence-corrected chi connectivity index (χ1v) is 9.21. The van der Waals surface area contributed by atoms with Crippen LogP contribution < -0.4 is 4.74 Å². The Morgan fingerprint density at radius 3 is 2.88 bits per heavy atom. The molecule has 2 aliphatic rings. The molecular weight excluding hydrogens is 352 g/mol. The fourth-order valence-corrected chi connectivity index (χ4v) is 4.61. The van der Waals surface area contributed by atoms with Crippen LogP contribution in [0.4, 0.5) is 5.69 Å². The second-order valence-corrected chi connectivity index (χ2v) is 7.73. The zero-order valence-electron chi connectivity index (χ0n) is 14.4. The van der Waals surface area contributed by atoms with Crippen molar-refractivity contribution in [1.29, 1.82) is 0 Å². The minimum absolute atomic E-state index is 0.0499. The molecule has 4 rings (SSSR count). The van der Waals surface area contributed by atoms with Gasteiger partial charge in [0, 0.05) is 35.7 Å². The lowest BCUT2D eigenvalue weighted by atomic mass is 9.95. The van der Waals surface area contributed by atoms with Gasteiger partial charge in [-0.1, -0.05) is 24.8 Å². The summed E-state index contributed by atoms with van der Waals surface area (Å²) in [6.07, 6.45) is 1.75. The number of fused-ring (bicyclic) bond motifs is 1. The highest BCUT2D eigenvalue weighted by atomic mass is 32.2. The van der Waals surface area contributed by atoms with Gasteiger partial charge in [0.2, 0.25) is 0 Å². The predicted octanol–water partition coefficient (Wildman–Crippen LogP) is 3.59. The monoisotopic (exact) mass is 370 g/mol. The molecule has 0 saturated carbocycles. The Morgan fingerprint density at radius 2 is 2.19 bits per heavy atom. The van der Waals surface area contributed by atoms with E-state index in [1.807, 2.05) is 18.2 Å². The number of methoxy groups -OCH3 is 1. The average Bonchev–Trinajstić information content (AvgIpc) is 3.17. The number of benzene rings is 1. The van der Waals surface area contributed by atoms with Crippen molar-refractivity contribution in [2.45, 2.75) is 24.3 Å². The quantitative estimate of drug-likeness (QED) is 0.604. The van der Waals surface area contributed by atoms with E-state index >= 15 is 0 Å². The molecule has 1 aromatic heterocycles. The number of non-ortho nitro benzene ring substituents is 1. The Kier molecular flexibility index (Phi) is 4.28.